The number of nitrogens with one attached hydrogen (secondary N) is 1. The average molecular weight is 160 g/mol. The third kappa shape index (κ3) is 4.61. The van der Waals surface area contributed by atoms with E-state index >= 15 is 0 Å². The minimum absolute atomic E-state index is 0.194. The smallest absolute Gasteiger partial charge is 0.336 e. The highest BCUT2D eigenvalue weighted by Gasteiger charge is 2.04. The summed E-state index contributed by atoms with van der Waals surface area (Å²) in [5, 5.41) is 3.86. The molecule has 66 valence electrons. The Morgan fingerprint density at radius 1 is 1.64 bits per heavy atom. The second kappa shape index (κ2) is 5.97. The van der Waals surface area contributed by atoms with Gasteiger partial charge >= 0.3 is 6.03 Å². The summed E-state index contributed by atoms with van der Waals surface area (Å²) in [4.78, 5) is 15.6. The second-order valence-corrected chi connectivity index (χ2v) is 2.27. The minimum Gasteiger partial charge on any atom is -0.336 e. The molecule has 0 aliphatic carbocycles. The van der Waals surface area contributed by atoms with E-state index in [1.807, 2.05) is 0 Å². The average Bonchev–Trinajstić information content (AvgIpc) is 2.03. The molecule has 0 radical (unpaired) electrons. The van der Waals surface area contributed by atoms with Gasteiger partial charge < -0.3 is 5.32 Å². The van der Waals surface area contributed by atoms with E-state index in [0.29, 0.717) is 6.54 Å². The molecule has 4 nitrogen and oxygen atoms in total. The van der Waals surface area contributed by atoms with Gasteiger partial charge in [-0.15, -0.1) is 0 Å². The van der Waals surface area contributed by atoms with Crippen molar-refractivity contribution in [1.29, 1.82) is 0 Å². The number of hydrogen-bond donors (Lipinski definition) is 1. The highest BCUT2D eigenvalue weighted by Crippen LogP contribution is 1.86. The Morgan fingerprint density at radius 3 is 2.73 bits per heavy atom. The van der Waals surface area contributed by atoms with E-state index in [2.05, 4.69) is 17.1 Å². The van der Waals surface area contributed by atoms with E-state index in [0.717, 1.165) is 17.9 Å². The van der Waals surface area contributed by atoms with Crippen LogP contribution in [0, 0.1) is 0 Å². The first kappa shape index (κ1) is 10.2. The van der Waals surface area contributed by atoms with Crippen molar-refractivity contribution >= 4 is 6.03 Å². The first-order valence-corrected chi connectivity index (χ1v) is 3.78. The number of carbonyl (C=O) groups is 1. The van der Waals surface area contributed by atoms with Crippen molar-refractivity contribution in [1.82, 2.24) is 10.4 Å². The van der Waals surface area contributed by atoms with Gasteiger partial charge in [0, 0.05) is 13.6 Å². The standard InChI is InChI=1S/C7H16N2O2/c1-4-5-6-8-7(10)9(2)11-3/h4-6H2,1-3H3,(H,8,10). The molecular formula is C7H16N2O2. The predicted octanol–water partition coefficient (Wildman–Crippen LogP) is 0.989. The van der Waals surface area contributed by atoms with Gasteiger partial charge in [0.15, 0.2) is 0 Å². The van der Waals surface area contributed by atoms with E-state index in [4.69, 9.17) is 0 Å². The summed E-state index contributed by atoms with van der Waals surface area (Å²) in [6, 6.07) is -0.194. The zero-order chi connectivity index (χ0) is 8.69. The van der Waals surface area contributed by atoms with Gasteiger partial charge in [0.2, 0.25) is 0 Å². The normalized spacial score (nSPS) is 9.36. The Morgan fingerprint density at radius 2 is 2.27 bits per heavy atom. The number of nitrogens with zero attached hydrogens (tertiary/aromatic N) is 1. The molecule has 2 amide bonds. The Labute approximate surface area is 67.5 Å². The summed E-state index contributed by atoms with van der Waals surface area (Å²) in [5.41, 5.74) is 0. The molecule has 0 aromatic rings. The predicted molar refractivity (Wildman–Crippen MR) is 43.1 cm³/mol. The first-order chi connectivity index (χ1) is 5.22. The van der Waals surface area contributed by atoms with E-state index in [1.165, 1.54) is 7.11 Å². The van der Waals surface area contributed by atoms with Crippen LogP contribution in [0.3, 0.4) is 0 Å². The van der Waals surface area contributed by atoms with Crippen LogP contribution >= 0.6 is 0 Å². The molecular weight excluding hydrogens is 144 g/mol. The molecule has 0 aromatic carbocycles. The van der Waals surface area contributed by atoms with Crippen molar-refractivity contribution in [2.45, 2.75) is 19.8 Å². The molecule has 1 N–H and O–H groups in total. The van der Waals surface area contributed by atoms with Crippen LogP contribution in [0.15, 0.2) is 0 Å². The molecule has 0 aromatic heterocycles. The number of rotatable bonds is 4. The zero-order valence-electron chi connectivity index (χ0n) is 7.39. The van der Waals surface area contributed by atoms with Gasteiger partial charge in [-0.25, -0.2) is 9.86 Å². The minimum atomic E-state index is -0.194. The maximum absolute atomic E-state index is 10.9. The fraction of sp³-hybridized carbons (Fsp3) is 0.857. The number of amides is 2. The van der Waals surface area contributed by atoms with Crippen LogP contribution in [0.2, 0.25) is 0 Å². The van der Waals surface area contributed by atoms with Crippen LogP contribution in [0.1, 0.15) is 19.8 Å². The number of urea groups is 1. The Hall–Kier alpha value is -0.770. The molecule has 4 heteroatoms. The van der Waals surface area contributed by atoms with Crippen LogP contribution in [-0.2, 0) is 4.84 Å². The third-order valence-electron chi connectivity index (χ3n) is 1.37. The molecule has 0 unspecified atom stereocenters. The summed E-state index contributed by atoms with van der Waals surface area (Å²) in [5.74, 6) is 0. The number of hydroxylamine groups is 2. The van der Waals surface area contributed by atoms with E-state index in [-0.39, 0.29) is 6.03 Å². The quantitative estimate of drug-likeness (QED) is 0.492. The van der Waals surface area contributed by atoms with Gasteiger partial charge in [-0.05, 0) is 6.42 Å². The van der Waals surface area contributed by atoms with Crippen LogP contribution in [0.4, 0.5) is 4.79 Å². The van der Waals surface area contributed by atoms with Crippen LogP contribution < -0.4 is 5.32 Å². The molecule has 0 saturated carbocycles. The van der Waals surface area contributed by atoms with Crippen molar-refractivity contribution < 1.29 is 9.63 Å². The number of hydrogen-bond acceptors (Lipinski definition) is 2. The third-order valence-corrected chi connectivity index (χ3v) is 1.37. The SMILES string of the molecule is CCCCNC(=O)N(C)OC. The van der Waals surface area contributed by atoms with Gasteiger partial charge in [-0.1, -0.05) is 13.3 Å². The maximum atomic E-state index is 10.9. The summed E-state index contributed by atoms with van der Waals surface area (Å²) in [6.07, 6.45) is 2.08. The molecule has 0 heterocycles. The lowest BCUT2D eigenvalue weighted by Gasteiger charge is -2.13. The Bertz CT molecular complexity index is 117. The number of carbonyl (C=O) groups excluding carboxylic acids is 1. The topological polar surface area (TPSA) is 41.6 Å². The van der Waals surface area contributed by atoms with Gasteiger partial charge in [0.25, 0.3) is 0 Å². The van der Waals surface area contributed by atoms with Gasteiger partial charge in [-0.2, -0.15) is 0 Å². The van der Waals surface area contributed by atoms with E-state index in [9.17, 15) is 4.79 Å². The zero-order valence-corrected chi connectivity index (χ0v) is 7.39. The monoisotopic (exact) mass is 160 g/mol. The van der Waals surface area contributed by atoms with Crippen molar-refractivity contribution in [2.75, 3.05) is 20.7 Å². The summed E-state index contributed by atoms with van der Waals surface area (Å²) in [7, 11) is 3.03. The van der Waals surface area contributed by atoms with Crippen molar-refractivity contribution in [3.05, 3.63) is 0 Å². The van der Waals surface area contributed by atoms with Crippen LogP contribution in [-0.4, -0.2) is 31.8 Å². The fourth-order valence-corrected chi connectivity index (χ4v) is 0.566. The Balaban J connectivity index is 3.36. The molecule has 0 rings (SSSR count). The van der Waals surface area contributed by atoms with Crippen molar-refractivity contribution in [2.24, 2.45) is 0 Å². The maximum Gasteiger partial charge on any atom is 0.341 e. The van der Waals surface area contributed by atoms with E-state index < -0.39 is 0 Å². The van der Waals surface area contributed by atoms with Crippen LogP contribution in [0.25, 0.3) is 0 Å². The lowest BCUT2D eigenvalue weighted by Crippen LogP contribution is -2.36. The largest absolute Gasteiger partial charge is 0.341 e. The van der Waals surface area contributed by atoms with Crippen LogP contribution in [0.5, 0.6) is 0 Å². The first-order valence-electron chi connectivity index (χ1n) is 3.78. The molecule has 11 heavy (non-hydrogen) atoms. The second-order valence-electron chi connectivity index (χ2n) is 2.27. The molecule has 0 aliphatic rings. The lowest BCUT2D eigenvalue weighted by atomic mass is 10.3. The summed E-state index contributed by atoms with van der Waals surface area (Å²) in [6.45, 7) is 2.79. The molecule has 0 saturated heterocycles. The van der Waals surface area contributed by atoms with E-state index in [1.54, 1.807) is 7.05 Å². The summed E-state index contributed by atoms with van der Waals surface area (Å²) >= 11 is 0. The van der Waals surface area contributed by atoms with Gasteiger partial charge in [0.05, 0.1) is 7.11 Å². The number of unbranched alkanes of at least 4 members (excludes halogenated alkanes) is 1. The fourth-order valence-electron chi connectivity index (χ4n) is 0.566. The Kier molecular flexibility index (Phi) is 5.56. The molecule has 0 bridgehead atoms. The summed E-state index contributed by atoms with van der Waals surface area (Å²) < 4.78 is 0. The van der Waals surface area contributed by atoms with Gasteiger partial charge in [0.1, 0.15) is 0 Å². The van der Waals surface area contributed by atoms with Gasteiger partial charge in [-0.3, -0.25) is 4.84 Å². The highest BCUT2D eigenvalue weighted by atomic mass is 16.7. The molecule has 0 aliphatic heterocycles. The highest BCUT2D eigenvalue weighted by molar-refractivity contribution is 5.72. The molecule has 0 atom stereocenters. The molecule has 0 spiro atoms. The van der Waals surface area contributed by atoms with Crippen molar-refractivity contribution in [3.8, 4) is 0 Å². The van der Waals surface area contributed by atoms with Crippen molar-refractivity contribution in [3.63, 3.8) is 0 Å². The molecule has 0 fully saturated rings. The lowest BCUT2D eigenvalue weighted by molar-refractivity contribution is -0.0647.